The monoisotopic (exact) mass is 509 g/mol. The Hall–Kier alpha value is -4.69. The van der Waals surface area contributed by atoms with E-state index in [0.717, 1.165) is 26.9 Å². The second-order valence-electron chi connectivity index (χ2n) is 9.09. The van der Waals surface area contributed by atoms with Crippen LogP contribution in [0.4, 0.5) is 4.79 Å². The van der Waals surface area contributed by atoms with Crippen LogP contribution in [0, 0.1) is 5.92 Å². The smallest absolute Gasteiger partial charge is 0.408 e. The molecule has 0 spiro atoms. The zero-order valence-corrected chi connectivity index (χ0v) is 20.5. The normalized spacial score (nSPS) is 17.4. The predicted molar refractivity (Wildman–Crippen MR) is 142 cm³/mol. The number of ether oxygens (including phenoxy) is 2. The van der Waals surface area contributed by atoms with Crippen LogP contribution in [-0.4, -0.2) is 35.1 Å². The van der Waals surface area contributed by atoms with Crippen molar-refractivity contribution in [2.75, 3.05) is 0 Å². The van der Waals surface area contributed by atoms with Gasteiger partial charge in [-0.25, -0.2) is 15.6 Å². The standard InChI is InChI=1S/C30H27N3O5/c31-33-28(35)26(29(33)38-24-13-5-2-6-14-24)27(34)25(32-30(36)37-19-20-9-3-1-4-10-20)18-21-15-16-22-11-7-8-12-23(22)17-21/h1-17,25-26,29H,18-19,31H2,(H,32,36)/t25-,26-,29-/m0/s1. The van der Waals surface area contributed by atoms with Gasteiger partial charge in [-0.2, -0.15) is 0 Å². The molecule has 2 amide bonds. The number of nitrogens with two attached hydrogens (primary N) is 1. The zero-order valence-electron chi connectivity index (χ0n) is 20.5. The van der Waals surface area contributed by atoms with Crippen LogP contribution in [0.1, 0.15) is 11.1 Å². The van der Waals surface area contributed by atoms with E-state index in [1.54, 1.807) is 24.3 Å². The van der Waals surface area contributed by atoms with Crippen molar-refractivity contribution in [3.63, 3.8) is 0 Å². The predicted octanol–water partition coefficient (Wildman–Crippen LogP) is 3.98. The van der Waals surface area contributed by atoms with Gasteiger partial charge in [-0.3, -0.25) is 9.59 Å². The van der Waals surface area contributed by atoms with Gasteiger partial charge in [0.1, 0.15) is 12.4 Å². The molecule has 1 aliphatic rings. The highest BCUT2D eigenvalue weighted by Crippen LogP contribution is 2.29. The lowest BCUT2D eigenvalue weighted by atomic mass is 9.86. The number of rotatable bonds is 9. The molecule has 0 aliphatic carbocycles. The lowest BCUT2D eigenvalue weighted by Crippen LogP contribution is -2.70. The molecule has 38 heavy (non-hydrogen) atoms. The highest BCUT2D eigenvalue weighted by molar-refractivity contribution is 6.08. The molecule has 4 aromatic rings. The van der Waals surface area contributed by atoms with Gasteiger partial charge in [0, 0.05) is 0 Å². The van der Waals surface area contributed by atoms with Crippen LogP contribution < -0.4 is 15.9 Å². The maximum Gasteiger partial charge on any atom is 0.408 e. The average Bonchev–Trinajstić information content (AvgIpc) is 2.96. The Bertz CT molecular complexity index is 1440. The number of ketones is 1. The molecule has 3 N–H and O–H groups in total. The molecular formula is C30H27N3O5. The second kappa shape index (κ2) is 11.1. The Morgan fingerprint density at radius 2 is 1.50 bits per heavy atom. The first-order chi connectivity index (χ1) is 18.5. The number of β-lactam (4-membered cyclic amide) rings is 1. The van der Waals surface area contributed by atoms with Crippen molar-refractivity contribution in [2.45, 2.75) is 25.3 Å². The van der Waals surface area contributed by atoms with E-state index in [0.29, 0.717) is 5.75 Å². The number of fused-ring (bicyclic) bond motifs is 1. The Labute approximate surface area is 219 Å². The van der Waals surface area contributed by atoms with Gasteiger partial charge in [0.15, 0.2) is 11.7 Å². The molecule has 0 aromatic heterocycles. The number of hydrogen-bond donors (Lipinski definition) is 2. The minimum absolute atomic E-state index is 0.0439. The lowest BCUT2D eigenvalue weighted by Gasteiger charge is -2.43. The number of benzene rings is 4. The molecule has 1 aliphatic heterocycles. The van der Waals surface area contributed by atoms with Gasteiger partial charge < -0.3 is 14.8 Å². The summed E-state index contributed by atoms with van der Waals surface area (Å²) < 4.78 is 11.2. The van der Waals surface area contributed by atoms with Crippen molar-refractivity contribution in [3.05, 3.63) is 114 Å². The van der Waals surface area contributed by atoms with Gasteiger partial charge in [-0.1, -0.05) is 91.0 Å². The first-order valence-electron chi connectivity index (χ1n) is 12.3. The van der Waals surface area contributed by atoms with Crippen LogP contribution in [0.15, 0.2) is 103 Å². The number of carbonyl (C=O) groups excluding carboxylic acids is 3. The number of para-hydroxylation sites is 1. The molecular weight excluding hydrogens is 482 g/mol. The van der Waals surface area contributed by atoms with E-state index in [9.17, 15) is 14.4 Å². The van der Waals surface area contributed by atoms with E-state index in [1.807, 2.05) is 78.9 Å². The second-order valence-corrected chi connectivity index (χ2v) is 9.09. The topological polar surface area (TPSA) is 111 Å². The summed E-state index contributed by atoms with van der Waals surface area (Å²) in [6.45, 7) is 0.0439. The summed E-state index contributed by atoms with van der Waals surface area (Å²) in [5.41, 5.74) is 1.63. The van der Waals surface area contributed by atoms with Crippen molar-refractivity contribution in [1.82, 2.24) is 10.3 Å². The Morgan fingerprint density at radius 1 is 0.842 bits per heavy atom. The van der Waals surface area contributed by atoms with Crippen molar-refractivity contribution in [1.29, 1.82) is 0 Å². The quantitative estimate of drug-likeness (QED) is 0.153. The van der Waals surface area contributed by atoms with Crippen molar-refractivity contribution < 1.29 is 23.9 Å². The molecule has 8 heteroatoms. The molecule has 192 valence electrons. The maximum atomic E-state index is 13.7. The largest absolute Gasteiger partial charge is 0.468 e. The third-order valence-electron chi connectivity index (χ3n) is 6.49. The number of nitrogens with zero attached hydrogens (tertiary/aromatic N) is 1. The van der Waals surface area contributed by atoms with E-state index in [2.05, 4.69) is 5.32 Å². The van der Waals surface area contributed by atoms with Crippen molar-refractivity contribution in [2.24, 2.45) is 11.8 Å². The Morgan fingerprint density at radius 3 is 2.24 bits per heavy atom. The number of nitrogens with one attached hydrogen (secondary N) is 1. The van der Waals surface area contributed by atoms with Crippen LogP contribution >= 0.6 is 0 Å². The van der Waals surface area contributed by atoms with Crippen LogP contribution in [0.25, 0.3) is 10.8 Å². The van der Waals surface area contributed by atoms with Crippen molar-refractivity contribution >= 4 is 28.6 Å². The molecule has 0 saturated carbocycles. The van der Waals surface area contributed by atoms with Crippen LogP contribution in [0.2, 0.25) is 0 Å². The molecule has 1 saturated heterocycles. The molecule has 1 fully saturated rings. The fourth-order valence-corrected chi connectivity index (χ4v) is 4.46. The number of Topliss-reactive ketones (excluding diaryl/α,β-unsaturated/α-hetero) is 1. The summed E-state index contributed by atoms with van der Waals surface area (Å²) in [5.74, 6) is 4.10. The first-order valence-corrected chi connectivity index (χ1v) is 12.3. The Kier molecular flexibility index (Phi) is 7.33. The van der Waals surface area contributed by atoms with Gasteiger partial charge in [-0.15, -0.1) is 0 Å². The lowest BCUT2D eigenvalue weighted by molar-refractivity contribution is -0.180. The molecule has 0 unspecified atom stereocenters. The molecule has 8 nitrogen and oxygen atoms in total. The molecule has 3 atom stereocenters. The van der Waals surface area contributed by atoms with Gasteiger partial charge in [0.05, 0.1) is 6.04 Å². The summed E-state index contributed by atoms with van der Waals surface area (Å²) in [6.07, 6.45) is -1.58. The molecule has 0 radical (unpaired) electrons. The summed E-state index contributed by atoms with van der Waals surface area (Å²) >= 11 is 0. The number of carbonyl (C=O) groups is 3. The minimum atomic E-state index is -1.17. The summed E-state index contributed by atoms with van der Waals surface area (Å²) in [6, 6.07) is 30.7. The number of amides is 2. The molecule has 4 aromatic carbocycles. The molecule has 0 bridgehead atoms. The number of hydrogen-bond acceptors (Lipinski definition) is 6. The van der Waals surface area contributed by atoms with Crippen molar-refractivity contribution in [3.8, 4) is 5.75 Å². The van der Waals surface area contributed by atoms with Gasteiger partial charge in [0.25, 0.3) is 5.91 Å². The van der Waals surface area contributed by atoms with Gasteiger partial charge in [-0.05, 0) is 40.5 Å². The van der Waals surface area contributed by atoms with Gasteiger partial charge >= 0.3 is 6.09 Å². The average molecular weight is 510 g/mol. The fraction of sp³-hybridized carbons (Fsp3) is 0.167. The van der Waals surface area contributed by atoms with E-state index >= 15 is 0 Å². The highest BCUT2D eigenvalue weighted by Gasteiger charge is 2.54. The SMILES string of the molecule is NN1C(=O)[C@H](C(=O)[C@H](Cc2ccc3ccccc3c2)NC(=O)OCc2ccccc2)[C@@H]1Oc1ccccc1. The highest BCUT2D eigenvalue weighted by atomic mass is 16.5. The molecule has 5 rings (SSSR count). The van der Waals surface area contributed by atoms with Gasteiger partial charge in [0.2, 0.25) is 6.23 Å². The first kappa shape index (κ1) is 25.0. The van der Waals surface area contributed by atoms with E-state index < -0.39 is 36.0 Å². The third kappa shape index (κ3) is 5.50. The Balaban J connectivity index is 1.36. The maximum absolute atomic E-state index is 13.7. The molecule has 1 heterocycles. The number of hydrazine groups is 1. The third-order valence-corrected chi connectivity index (χ3v) is 6.49. The van der Waals surface area contributed by atoms with Crippen LogP contribution in [-0.2, 0) is 27.4 Å². The summed E-state index contributed by atoms with van der Waals surface area (Å²) in [5, 5.41) is 5.63. The van der Waals surface area contributed by atoms with Crippen LogP contribution in [0.3, 0.4) is 0 Å². The van der Waals surface area contributed by atoms with E-state index in [4.69, 9.17) is 15.3 Å². The fourth-order valence-electron chi connectivity index (χ4n) is 4.46. The summed E-state index contributed by atoms with van der Waals surface area (Å²) in [7, 11) is 0. The minimum Gasteiger partial charge on any atom is -0.468 e. The van der Waals surface area contributed by atoms with E-state index in [-0.39, 0.29) is 13.0 Å². The van der Waals surface area contributed by atoms with E-state index in [1.165, 1.54) is 0 Å². The number of alkyl carbamates (subject to hydrolysis) is 1. The van der Waals surface area contributed by atoms with Crippen LogP contribution in [0.5, 0.6) is 5.75 Å². The summed E-state index contributed by atoms with van der Waals surface area (Å²) in [4.78, 5) is 39.1. The zero-order chi connectivity index (χ0) is 26.5.